The van der Waals surface area contributed by atoms with Gasteiger partial charge in [0.1, 0.15) is 17.6 Å². The Kier molecular flexibility index (Phi) is 7.90. The molecule has 1 aliphatic rings. The van der Waals surface area contributed by atoms with E-state index in [1.807, 2.05) is 44.3 Å². The van der Waals surface area contributed by atoms with Crippen molar-refractivity contribution in [3.8, 4) is 23.1 Å². The minimum atomic E-state index is -0.745. The molecule has 2 aromatic carbocycles. The first-order valence-corrected chi connectivity index (χ1v) is 12.6. The van der Waals surface area contributed by atoms with Crippen LogP contribution in [0.15, 0.2) is 48.5 Å². The largest absolute Gasteiger partial charge is 0.494 e. The number of aromatic nitrogens is 1. The van der Waals surface area contributed by atoms with Crippen molar-refractivity contribution in [2.75, 3.05) is 25.1 Å². The van der Waals surface area contributed by atoms with E-state index in [-0.39, 0.29) is 12.3 Å². The van der Waals surface area contributed by atoms with E-state index >= 15 is 0 Å². The molecule has 6 nitrogen and oxygen atoms in total. The highest BCUT2D eigenvalue weighted by Crippen LogP contribution is 2.37. The minimum absolute atomic E-state index is 0.109. The molecule has 0 unspecified atom stereocenters. The Morgan fingerprint density at radius 3 is 2.69 bits per heavy atom. The van der Waals surface area contributed by atoms with Gasteiger partial charge in [0.2, 0.25) is 0 Å². The highest BCUT2D eigenvalue weighted by molar-refractivity contribution is 5.71. The first kappa shape index (κ1) is 25.2. The summed E-state index contributed by atoms with van der Waals surface area (Å²) >= 11 is 0. The number of hydrogen-bond acceptors (Lipinski definition) is 5. The highest BCUT2D eigenvalue weighted by atomic mass is 16.5. The van der Waals surface area contributed by atoms with E-state index in [0.717, 1.165) is 66.2 Å². The van der Waals surface area contributed by atoms with Crippen LogP contribution < -0.4 is 9.64 Å². The van der Waals surface area contributed by atoms with Gasteiger partial charge in [-0.1, -0.05) is 37.3 Å². The van der Waals surface area contributed by atoms with Crippen LogP contribution in [0.1, 0.15) is 59.9 Å². The molecule has 186 valence electrons. The van der Waals surface area contributed by atoms with Crippen LogP contribution in [-0.4, -0.2) is 36.3 Å². The lowest BCUT2D eigenvalue weighted by molar-refractivity contribution is -0.137. The molecule has 1 aromatic heterocycles. The Labute approximate surface area is 213 Å². The van der Waals surface area contributed by atoms with Gasteiger partial charge in [0, 0.05) is 19.2 Å². The molecule has 0 amide bonds. The van der Waals surface area contributed by atoms with E-state index in [0.29, 0.717) is 12.2 Å². The fourth-order valence-electron chi connectivity index (χ4n) is 4.90. The lowest BCUT2D eigenvalue weighted by Gasteiger charge is -2.20. The van der Waals surface area contributed by atoms with Crippen LogP contribution >= 0.6 is 0 Å². The molecule has 0 bridgehead atoms. The molecule has 4 rings (SSSR count). The number of pyridine rings is 1. The van der Waals surface area contributed by atoms with Crippen LogP contribution in [-0.2, 0) is 17.6 Å². The summed E-state index contributed by atoms with van der Waals surface area (Å²) in [6.07, 6.45) is 3.77. The maximum atomic E-state index is 11.1. The second-order valence-corrected chi connectivity index (χ2v) is 9.50. The number of fused-ring (bicyclic) bond motifs is 1. The summed E-state index contributed by atoms with van der Waals surface area (Å²) < 4.78 is 6.00. The molecule has 0 saturated heterocycles. The van der Waals surface area contributed by atoms with Gasteiger partial charge in [-0.3, -0.25) is 4.79 Å². The highest BCUT2D eigenvalue weighted by Gasteiger charge is 2.25. The van der Waals surface area contributed by atoms with Crippen LogP contribution in [0.3, 0.4) is 0 Å². The third-order valence-electron chi connectivity index (χ3n) is 6.99. The first-order chi connectivity index (χ1) is 17.4. The average Bonchev–Trinajstić information content (AvgIpc) is 3.27. The number of aliphatic carboxylic acids is 1. The summed E-state index contributed by atoms with van der Waals surface area (Å²) in [6.45, 7) is 5.42. The van der Waals surface area contributed by atoms with Crippen molar-refractivity contribution < 1.29 is 14.6 Å². The fraction of sp³-hybridized carbons (Fsp3) is 0.367. The van der Waals surface area contributed by atoms with Crippen LogP contribution in [0.25, 0.3) is 11.3 Å². The van der Waals surface area contributed by atoms with Crippen LogP contribution in [0.5, 0.6) is 5.75 Å². The number of benzene rings is 2. The van der Waals surface area contributed by atoms with Crippen LogP contribution in [0.2, 0.25) is 0 Å². The summed E-state index contributed by atoms with van der Waals surface area (Å²) in [5.74, 6) is 1.03. The number of carboxylic acid groups (broad SMARTS) is 1. The lowest BCUT2D eigenvalue weighted by Crippen LogP contribution is -2.22. The van der Waals surface area contributed by atoms with Gasteiger partial charge in [0.05, 0.1) is 24.3 Å². The van der Waals surface area contributed by atoms with Gasteiger partial charge in [0.25, 0.3) is 0 Å². The molecule has 3 aromatic rings. The second kappa shape index (κ2) is 11.3. The first-order valence-electron chi connectivity index (χ1n) is 12.6. The van der Waals surface area contributed by atoms with Crippen molar-refractivity contribution >= 4 is 11.8 Å². The van der Waals surface area contributed by atoms with Gasteiger partial charge < -0.3 is 14.7 Å². The molecule has 6 heteroatoms. The maximum Gasteiger partial charge on any atom is 0.303 e. The molecule has 0 spiro atoms. The van der Waals surface area contributed by atoms with E-state index in [2.05, 4.69) is 36.1 Å². The van der Waals surface area contributed by atoms with Crippen LogP contribution in [0.4, 0.5) is 5.82 Å². The molecule has 36 heavy (non-hydrogen) atoms. The smallest absolute Gasteiger partial charge is 0.303 e. The number of hydrogen-bond donors (Lipinski definition) is 1. The molecule has 0 saturated carbocycles. The monoisotopic (exact) mass is 483 g/mol. The van der Waals surface area contributed by atoms with Crippen molar-refractivity contribution in [1.82, 2.24) is 4.98 Å². The molecule has 0 radical (unpaired) electrons. The van der Waals surface area contributed by atoms with Gasteiger partial charge >= 0.3 is 5.97 Å². The van der Waals surface area contributed by atoms with Gasteiger partial charge in [-0.05, 0) is 79.0 Å². The van der Waals surface area contributed by atoms with Crippen molar-refractivity contribution in [1.29, 1.82) is 5.26 Å². The number of nitrogens with zero attached hydrogens (tertiary/aromatic N) is 3. The molecule has 0 fully saturated rings. The van der Waals surface area contributed by atoms with Crippen molar-refractivity contribution in [3.63, 3.8) is 0 Å². The Bertz CT molecular complexity index is 1280. The molecular formula is C30H33N3O3. The molecule has 0 aliphatic heterocycles. The number of anilines is 1. The fourth-order valence-corrected chi connectivity index (χ4v) is 4.90. The van der Waals surface area contributed by atoms with Crippen molar-refractivity contribution in [2.45, 2.75) is 51.9 Å². The van der Waals surface area contributed by atoms with Gasteiger partial charge in [-0.25, -0.2) is 4.98 Å². The second-order valence-electron chi connectivity index (χ2n) is 9.50. The number of aryl methyl sites for hydroxylation is 3. The zero-order chi connectivity index (χ0) is 25.7. The zero-order valence-corrected chi connectivity index (χ0v) is 21.3. The summed E-state index contributed by atoms with van der Waals surface area (Å²) in [6, 6.07) is 18.6. The number of carbonyl (C=O) groups is 1. The van der Waals surface area contributed by atoms with Crippen LogP contribution in [0, 0.1) is 18.3 Å². The maximum absolute atomic E-state index is 11.1. The van der Waals surface area contributed by atoms with E-state index < -0.39 is 5.97 Å². The topological polar surface area (TPSA) is 86.5 Å². The summed E-state index contributed by atoms with van der Waals surface area (Å²) in [7, 11) is 2.01. The Balaban J connectivity index is 1.37. The molecule has 1 aliphatic carbocycles. The molecule has 1 heterocycles. The molecular weight excluding hydrogens is 450 g/mol. The van der Waals surface area contributed by atoms with Gasteiger partial charge in [-0.15, -0.1) is 0 Å². The summed E-state index contributed by atoms with van der Waals surface area (Å²) in [4.78, 5) is 18.0. The van der Waals surface area contributed by atoms with E-state index in [1.165, 1.54) is 11.1 Å². The quantitative estimate of drug-likeness (QED) is 0.361. The Morgan fingerprint density at radius 2 is 2.00 bits per heavy atom. The Hall–Kier alpha value is -3.85. The lowest BCUT2D eigenvalue weighted by atomic mass is 9.98. The predicted octanol–water partition coefficient (Wildman–Crippen LogP) is 5.90. The van der Waals surface area contributed by atoms with Gasteiger partial charge in [-0.2, -0.15) is 5.26 Å². The number of ether oxygens (including phenoxy) is 1. The van der Waals surface area contributed by atoms with E-state index in [9.17, 15) is 10.1 Å². The third-order valence-corrected chi connectivity index (χ3v) is 6.99. The minimum Gasteiger partial charge on any atom is -0.494 e. The summed E-state index contributed by atoms with van der Waals surface area (Å²) in [5.41, 5.74) is 6.80. The number of rotatable bonds is 10. The Morgan fingerprint density at radius 1 is 1.22 bits per heavy atom. The average molecular weight is 484 g/mol. The number of carboxylic acids is 1. The molecule has 1 N–H and O–H groups in total. The van der Waals surface area contributed by atoms with Crippen molar-refractivity contribution in [3.05, 3.63) is 76.3 Å². The van der Waals surface area contributed by atoms with Crippen molar-refractivity contribution in [2.24, 2.45) is 0 Å². The summed E-state index contributed by atoms with van der Waals surface area (Å²) in [5, 5.41) is 18.8. The zero-order valence-electron chi connectivity index (χ0n) is 21.3. The predicted molar refractivity (Wildman–Crippen MR) is 142 cm³/mol. The SMILES string of the molecule is CCc1ccc(-c2nc(N(C)CCCOc3ccc4c(c3)CC[C@H]4CC(=O)O)cc(C)c2C#N)cc1. The van der Waals surface area contributed by atoms with E-state index in [1.54, 1.807) is 0 Å². The van der Waals surface area contributed by atoms with E-state index in [4.69, 9.17) is 14.8 Å². The third kappa shape index (κ3) is 5.68. The normalized spacial score (nSPS) is 14.2. The van der Waals surface area contributed by atoms with Gasteiger partial charge in [0.15, 0.2) is 0 Å². The number of nitriles is 1. The molecule has 1 atom stereocenters. The standard InChI is InChI=1S/C30H33N3O3/c1-4-21-6-8-22(9-7-21)30-27(19-31)20(2)16-28(32-30)33(3)14-5-15-36-25-12-13-26-23(17-25)10-11-24(26)18-29(34)35/h6-9,12-13,16-17,24H,4-5,10-11,14-15,18H2,1-3H3,(H,34,35)/t24-/m0/s1.